The fourth-order valence-electron chi connectivity index (χ4n) is 1.57. The molecule has 1 amide bonds. The zero-order valence-electron chi connectivity index (χ0n) is 10.6. The zero-order valence-corrected chi connectivity index (χ0v) is 10.6. The number of carboxylic acids is 1. The van der Waals surface area contributed by atoms with E-state index in [9.17, 15) is 14.7 Å². The number of rotatable bonds is 6. The highest BCUT2D eigenvalue weighted by molar-refractivity contribution is 5.97. The van der Waals surface area contributed by atoms with Crippen LogP contribution in [0.5, 0.6) is 11.5 Å². The van der Waals surface area contributed by atoms with E-state index in [4.69, 9.17) is 10.2 Å². The van der Waals surface area contributed by atoms with E-state index in [1.54, 1.807) is 0 Å². The van der Waals surface area contributed by atoms with Gasteiger partial charge in [-0.15, -0.1) is 0 Å². The van der Waals surface area contributed by atoms with Gasteiger partial charge in [0.15, 0.2) is 11.5 Å². The Morgan fingerprint density at radius 2 is 1.95 bits per heavy atom. The summed E-state index contributed by atoms with van der Waals surface area (Å²) < 4.78 is 0. The highest BCUT2D eigenvalue weighted by atomic mass is 16.4. The molecule has 0 saturated heterocycles. The van der Waals surface area contributed by atoms with Crippen LogP contribution in [0.15, 0.2) is 18.2 Å². The van der Waals surface area contributed by atoms with Gasteiger partial charge in [-0.2, -0.15) is 0 Å². The van der Waals surface area contributed by atoms with E-state index in [0.717, 1.165) is 12.5 Å². The maximum absolute atomic E-state index is 11.8. The second-order valence-electron chi connectivity index (χ2n) is 4.21. The van der Waals surface area contributed by atoms with Crippen molar-refractivity contribution >= 4 is 11.9 Å². The molecule has 0 fully saturated rings. The molecule has 0 heterocycles. The molecule has 1 rings (SSSR count). The molecule has 1 atom stereocenters. The molecule has 4 N–H and O–H groups in total. The van der Waals surface area contributed by atoms with Gasteiger partial charge in [0.25, 0.3) is 5.91 Å². The molecule has 0 aliphatic rings. The third kappa shape index (κ3) is 4.17. The third-order valence-corrected chi connectivity index (χ3v) is 2.69. The number of nitrogens with one attached hydrogen (secondary N) is 1. The van der Waals surface area contributed by atoms with Crippen LogP contribution in [0.2, 0.25) is 0 Å². The highest BCUT2D eigenvalue weighted by Gasteiger charge is 2.20. The minimum absolute atomic E-state index is 0.0954. The smallest absolute Gasteiger partial charge is 0.326 e. The first-order valence-electron chi connectivity index (χ1n) is 6.01. The van der Waals surface area contributed by atoms with Gasteiger partial charge in [0, 0.05) is 5.56 Å². The summed E-state index contributed by atoms with van der Waals surface area (Å²) in [7, 11) is 0. The number of benzene rings is 1. The summed E-state index contributed by atoms with van der Waals surface area (Å²) in [5.41, 5.74) is 0.0954. The summed E-state index contributed by atoms with van der Waals surface area (Å²) in [4.78, 5) is 22.8. The zero-order chi connectivity index (χ0) is 14.4. The molecule has 0 bridgehead atoms. The Bertz CT molecular complexity index is 472. The van der Waals surface area contributed by atoms with E-state index in [1.165, 1.54) is 12.1 Å². The molecule has 0 aliphatic heterocycles. The number of aromatic hydroxyl groups is 2. The van der Waals surface area contributed by atoms with Gasteiger partial charge in [-0.3, -0.25) is 4.79 Å². The lowest BCUT2D eigenvalue weighted by Crippen LogP contribution is -2.40. The molecule has 1 aromatic carbocycles. The summed E-state index contributed by atoms with van der Waals surface area (Å²) in [6.45, 7) is 1.93. The SMILES string of the molecule is CCCCC(NC(=O)c1ccc(O)c(O)c1)C(=O)O. The van der Waals surface area contributed by atoms with Crippen molar-refractivity contribution in [3.63, 3.8) is 0 Å². The Morgan fingerprint density at radius 3 is 2.47 bits per heavy atom. The number of carbonyl (C=O) groups excluding carboxylic acids is 1. The van der Waals surface area contributed by atoms with Gasteiger partial charge in [-0.25, -0.2) is 4.79 Å². The number of hydrogen-bond donors (Lipinski definition) is 4. The quantitative estimate of drug-likeness (QED) is 0.584. The molecule has 0 saturated carbocycles. The van der Waals surface area contributed by atoms with E-state index in [1.807, 2.05) is 6.92 Å². The Morgan fingerprint density at radius 1 is 1.26 bits per heavy atom. The average molecular weight is 267 g/mol. The minimum Gasteiger partial charge on any atom is -0.504 e. The van der Waals surface area contributed by atoms with Crippen LogP contribution in [-0.2, 0) is 4.79 Å². The number of carboxylic acid groups (broad SMARTS) is 1. The first-order valence-corrected chi connectivity index (χ1v) is 6.01. The third-order valence-electron chi connectivity index (χ3n) is 2.69. The predicted molar refractivity (Wildman–Crippen MR) is 68.2 cm³/mol. The summed E-state index contributed by atoms with van der Waals surface area (Å²) >= 11 is 0. The van der Waals surface area contributed by atoms with Crippen LogP contribution in [0.1, 0.15) is 36.5 Å². The van der Waals surface area contributed by atoms with Crippen LogP contribution in [-0.4, -0.2) is 33.2 Å². The number of carbonyl (C=O) groups is 2. The molecule has 104 valence electrons. The molecule has 6 nitrogen and oxygen atoms in total. The maximum atomic E-state index is 11.8. The van der Waals surface area contributed by atoms with E-state index in [-0.39, 0.29) is 11.3 Å². The van der Waals surface area contributed by atoms with Crippen LogP contribution in [0, 0.1) is 0 Å². The standard InChI is InChI=1S/C13H17NO5/c1-2-3-4-9(13(18)19)14-12(17)8-5-6-10(15)11(16)7-8/h5-7,9,15-16H,2-4H2,1H3,(H,14,17)(H,18,19). The fourth-order valence-corrected chi connectivity index (χ4v) is 1.57. The molecular weight excluding hydrogens is 250 g/mol. The van der Waals surface area contributed by atoms with Crippen LogP contribution in [0.4, 0.5) is 0 Å². The second kappa shape index (κ2) is 6.63. The Hall–Kier alpha value is -2.24. The van der Waals surface area contributed by atoms with Crippen LogP contribution in [0.3, 0.4) is 0 Å². The molecule has 19 heavy (non-hydrogen) atoms. The summed E-state index contributed by atoms with van der Waals surface area (Å²) in [5, 5.41) is 29.8. The van der Waals surface area contributed by atoms with Gasteiger partial charge >= 0.3 is 5.97 Å². The van der Waals surface area contributed by atoms with Crippen molar-refractivity contribution in [3.8, 4) is 11.5 Å². The molecule has 0 radical (unpaired) electrons. The average Bonchev–Trinajstić information content (AvgIpc) is 2.37. The van der Waals surface area contributed by atoms with Crippen molar-refractivity contribution in [3.05, 3.63) is 23.8 Å². The van der Waals surface area contributed by atoms with Crippen molar-refractivity contribution in [2.75, 3.05) is 0 Å². The Balaban J connectivity index is 2.75. The Labute approximate surface area is 110 Å². The number of unbranched alkanes of at least 4 members (excludes halogenated alkanes) is 1. The first kappa shape index (κ1) is 14.8. The van der Waals surface area contributed by atoms with Crippen LogP contribution < -0.4 is 5.32 Å². The molecule has 0 aromatic heterocycles. The van der Waals surface area contributed by atoms with E-state index < -0.39 is 23.7 Å². The van der Waals surface area contributed by atoms with Gasteiger partial charge in [-0.1, -0.05) is 19.8 Å². The normalized spacial score (nSPS) is 11.8. The fraction of sp³-hybridized carbons (Fsp3) is 0.385. The minimum atomic E-state index is -1.09. The lowest BCUT2D eigenvalue weighted by atomic mass is 10.1. The lowest BCUT2D eigenvalue weighted by molar-refractivity contribution is -0.139. The maximum Gasteiger partial charge on any atom is 0.326 e. The molecule has 6 heteroatoms. The van der Waals surface area contributed by atoms with E-state index in [2.05, 4.69) is 5.32 Å². The molecule has 0 aliphatic carbocycles. The van der Waals surface area contributed by atoms with Crippen molar-refractivity contribution in [2.24, 2.45) is 0 Å². The van der Waals surface area contributed by atoms with Crippen molar-refractivity contribution < 1.29 is 24.9 Å². The van der Waals surface area contributed by atoms with Gasteiger partial charge in [0.2, 0.25) is 0 Å². The summed E-state index contributed by atoms with van der Waals surface area (Å²) in [6, 6.07) is 2.61. The topological polar surface area (TPSA) is 107 Å². The van der Waals surface area contributed by atoms with Gasteiger partial charge < -0.3 is 20.6 Å². The monoisotopic (exact) mass is 267 g/mol. The van der Waals surface area contributed by atoms with Crippen LogP contribution >= 0.6 is 0 Å². The first-order chi connectivity index (χ1) is 8.95. The van der Waals surface area contributed by atoms with E-state index >= 15 is 0 Å². The van der Waals surface area contributed by atoms with E-state index in [0.29, 0.717) is 12.8 Å². The number of amides is 1. The summed E-state index contributed by atoms with van der Waals surface area (Å²) in [6.07, 6.45) is 1.87. The lowest BCUT2D eigenvalue weighted by Gasteiger charge is -2.14. The predicted octanol–water partition coefficient (Wildman–Crippen LogP) is 1.47. The number of aliphatic carboxylic acids is 1. The second-order valence-corrected chi connectivity index (χ2v) is 4.21. The van der Waals surface area contributed by atoms with Crippen molar-refractivity contribution in [2.45, 2.75) is 32.2 Å². The molecular formula is C13H17NO5. The van der Waals surface area contributed by atoms with Gasteiger partial charge in [0.1, 0.15) is 6.04 Å². The Kier molecular flexibility index (Phi) is 5.17. The molecule has 1 unspecified atom stereocenters. The molecule has 1 aromatic rings. The number of phenolic OH excluding ortho intramolecular Hbond substituents is 2. The van der Waals surface area contributed by atoms with Crippen molar-refractivity contribution in [1.82, 2.24) is 5.32 Å². The van der Waals surface area contributed by atoms with Gasteiger partial charge in [-0.05, 0) is 24.6 Å². The number of phenols is 2. The molecule has 0 spiro atoms. The van der Waals surface area contributed by atoms with Gasteiger partial charge in [0.05, 0.1) is 0 Å². The highest BCUT2D eigenvalue weighted by Crippen LogP contribution is 2.24. The summed E-state index contributed by atoms with van der Waals surface area (Å²) in [5.74, 6) is -2.45. The van der Waals surface area contributed by atoms with Crippen LogP contribution in [0.25, 0.3) is 0 Å². The number of hydrogen-bond acceptors (Lipinski definition) is 4. The largest absolute Gasteiger partial charge is 0.504 e. The van der Waals surface area contributed by atoms with Crippen molar-refractivity contribution in [1.29, 1.82) is 0 Å².